The highest BCUT2D eigenvalue weighted by Crippen LogP contribution is 2.47. The smallest absolute Gasteiger partial charge is 0.415 e. The van der Waals surface area contributed by atoms with Crippen molar-refractivity contribution in [2.45, 2.75) is 81.6 Å². The fraction of sp³-hybridized carbons (Fsp3) is 0.500. The van der Waals surface area contributed by atoms with Crippen LogP contribution in [0, 0.1) is 5.82 Å². The Hall–Kier alpha value is -3.62. The molecular weight excluding hydrogens is 645 g/mol. The summed E-state index contributed by atoms with van der Waals surface area (Å²) < 4.78 is 25.8. The second-order valence-corrected chi connectivity index (χ2v) is 13.8. The highest BCUT2D eigenvalue weighted by atomic mass is 19.1. The minimum absolute atomic E-state index is 0.0496. The first-order valence-corrected chi connectivity index (χ1v) is 17.5. The van der Waals surface area contributed by atoms with E-state index in [0.717, 1.165) is 66.2 Å². The molecule has 0 unspecified atom stereocenters. The Labute approximate surface area is 291 Å². The van der Waals surface area contributed by atoms with E-state index in [4.69, 9.17) is 14.6 Å². The van der Waals surface area contributed by atoms with Gasteiger partial charge < -0.3 is 40.3 Å². The molecule has 0 bridgehead atoms. The summed E-state index contributed by atoms with van der Waals surface area (Å²) in [4.78, 5) is 17.1. The Morgan fingerprint density at radius 1 is 0.980 bits per heavy atom. The molecule has 0 aromatic heterocycles. The van der Waals surface area contributed by atoms with Crippen LogP contribution in [-0.2, 0) is 17.8 Å². The molecule has 1 amide bonds. The van der Waals surface area contributed by atoms with Gasteiger partial charge in [-0.3, -0.25) is 9.80 Å². The molecule has 2 saturated heterocycles. The van der Waals surface area contributed by atoms with Crippen molar-refractivity contribution >= 4 is 11.8 Å². The van der Waals surface area contributed by atoms with Crippen LogP contribution in [-0.4, -0.2) is 106 Å². The zero-order valence-electron chi connectivity index (χ0n) is 28.4. The molecule has 1 saturated carbocycles. The molecule has 11 nitrogen and oxygen atoms in total. The Balaban J connectivity index is 1.04. The lowest BCUT2D eigenvalue weighted by Gasteiger charge is -2.37. The average Bonchev–Trinajstić information content (AvgIpc) is 3.92. The maximum atomic E-state index is 13.7. The minimum Gasteiger partial charge on any atom is -0.494 e. The van der Waals surface area contributed by atoms with Crippen LogP contribution in [0.1, 0.15) is 55.2 Å². The molecule has 50 heavy (non-hydrogen) atoms. The number of hydrogen-bond acceptors (Lipinski definition) is 10. The van der Waals surface area contributed by atoms with Crippen molar-refractivity contribution in [1.82, 2.24) is 10.2 Å². The average molecular weight is 694 g/mol. The van der Waals surface area contributed by atoms with Crippen LogP contribution in [0.4, 0.5) is 14.9 Å². The molecule has 12 heteroatoms. The number of amides is 1. The van der Waals surface area contributed by atoms with Crippen molar-refractivity contribution in [2.24, 2.45) is 0 Å². The lowest BCUT2D eigenvalue weighted by atomic mass is 9.90. The molecular formula is C38H48FN3O8. The predicted molar refractivity (Wildman–Crippen MR) is 185 cm³/mol. The number of nitrogens with zero attached hydrogens (tertiary/aromatic N) is 2. The third kappa shape index (κ3) is 8.29. The molecule has 1 aliphatic carbocycles. The quantitative estimate of drug-likeness (QED) is 0.140. The first kappa shape index (κ1) is 36.2. The number of aliphatic hydroxyl groups is 5. The van der Waals surface area contributed by atoms with Crippen LogP contribution in [0.3, 0.4) is 0 Å². The topological polar surface area (TPSA) is 155 Å². The van der Waals surface area contributed by atoms with E-state index in [0.29, 0.717) is 38.5 Å². The molecule has 4 atom stereocenters. The van der Waals surface area contributed by atoms with Crippen molar-refractivity contribution < 1.29 is 44.2 Å². The second-order valence-electron chi connectivity index (χ2n) is 13.8. The molecule has 3 fully saturated rings. The van der Waals surface area contributed by atoms with Gasteiger partial charge in [-0.25, -0.2) is 9.18 Å². The SMILES string of the molecule is CCOc1cc(-c2ccc(F)cc2)c(C2CC2)cc1CN1CCC2(CC1)CN(c1ccc(CNC[C@H](O)[C@@H](O)[C@H](O)[C@H](O)CO)cc1)C(=O)O2. The summed E-state index contributed by atoms with van der Waals surface area (Å²) >= 11 is 0. The van der Waals surface area contributed by atoms with Crippen LogP contribution in [0.2, 0.25) is 0 Å². The van der Waals surface area contributed by atoms with Gasteiger partial charge in [-0.2, -0.15) is 0 Å². The molecule has 3 aromatic carbocycles. The van der Waals surface area contributed by atoms with Gasteiger partial charge in [-0.15, -0.1) is 0 Å². The van der Waals surface area contributed by atoms with Gasteiger partial charge in [-0.05, 0) is 84.3 Å². The number of hydrogen-bond donors (Lipinski definition) is 6. The van der Waals surface area contributed by atoms with Crippen molar-refractivity contribution in [2.75, 3.05) is 44.3 Å². The lowest BCUT2D eigenvalue weighted by Crippen LogP contribution is -2.48. The van der Waals surface area contributed by atoms with E-state index in [1.165, 1.54) is 17.7 Å². The molecule has 3 aromatic rings. The molecule has 6 rings (SSSR count). The van der Waals surface area contributed by atoms with E-state index in [9.17, 15) is 29.6 Å². The predicted octanol–water partition coefficient (Wildman–Crippen LogP) is 3.29. The Kier molecular flexibility index (Phi) is 11.4. The zero-order chi connectivity index (χ0) is 35.4. The third-order valence-corrected chi connectivity index (χ3v) is 10.1. The van der Waals surface area contributed by atoms with Crippen LogP contribution in [0.25, 0.3) is 11.1 Å². The van der Waals surface area contributed by atoms with Crippen molar-refractivity contribution in [3.63, 3.8) is 0 Å². The molecule has 3 aliphatic rings. The molecule has 6 N–H and O–H groups in total. The van der Waals surface area contributed by atoms with E-state index in [1.807, 2.05) is 43.3 Å². The summed E-state index contributed by atoms with van der Waals surface area (Å²) in [5, 5.41) is 51.3. The van der Waals surface area contributed by atoms with Crippen LogP contribution >= 0.6 is 0 Å². The maximum Gasteiger partial charge on any atom is 0.415 e. The van der Waals surface area contributed by atoms with Crippen molar-refractivity contribution in [1.29, 1.82) is 0 Å². The van der Waals surface area contributed by atoms with Gasteiger partial charge in [-0.1, -0.05) is 24.3 Å². The number of likely N-dealkylation sites (tertiary alicyclic amines) is 1. The van der Waals surface area contributed by atoms with Gasteiger partial charge in [0.05, 0.1) is 25.9 Å². The number of carbonyl (C=O) groups excluding carboxylic acids is 1. The minimum atomic E-state index is -1.67. The molecule has 270 valence electrons. The van der Waals surface area contributed by atoms with Crippen molar-refractivity contribution in [3.05, 3.63) is 83.2 Å². The van der Waals surface area contributed by atoms with Gasteiger partial charge in [0.25, 0.3) is 0 Å². The van der Waals surface area contributed by atoms with Gasteiger partial charge in [0, 0.05) is 56.8 Å². The van der Waals surface area contributed by atoms with E-state index in [1.54, 1.807) is 4.90 Å². The number of rotatable bonds is 15. The monoisotopic (exact) mass is 693 g/mol. The van der Waals surface area contributed by atoms with Gasteiger partial charge in [0.2, 0.25) is 0 Å². The van der Waals surface area contributed by atoms with E-state index in [-0.39, 0.29) is 18.5 Å². The fourth-order valence-corrected chi connectivity index (χ4v) is 6.95. The highest BCUT2D eigenvalue weighted by Gasteiger charge is 2.47. The third-order valence-electron chi connectivity index (χ3n) is 10.1. The van der Waals surface area contributed by atoms with Crippen LogP contribution in [0.15, 0.2) is 60.7 Å². The van der Waals surface area contributed by atoms with Gasteiger partial charge in [0.15, 0.2) is 0 Å². The standard InChI is InChI=1S/C38H48FN3O8/c1-2-49-34-18-31(26-7-9-28(39)10-8-26)30(25-5-6-25)17-27(34)21-41-15-13-38(14-16-41)23-42(37(48)50-38)29-11-3-24(4-12-29)19-40-20-32(44)35(46)36(47)33(45)22-43/h3-4,7-12,17-18,25,32-33,35-36,40,43-47H,2,5-6,13-16,19-23H2,1H3/t32-,33+,35+,36+/m0/s1. The number of anilines is 1. The largest absolute Gasteiger partial charge is 0.494 e. The molecule has 1 spiro atoms. The Morgan fingerprint density at radius 3 is 2.30 bits per heavy atom. The summed E-state index contributed by atoms with van der Waals surface area (Å²) in [6, 6.07) is 18.5. The number of halogens is 1. The number of piperidine rings is 1. The number of carbonyl (C=O) groups is 1. The Morgan fingerprint density at radius 2 is 1.66 bits per heavy atom. The van der Waals surface area contributed by atoms with Crippen LogP contribution in [0.5, 0.6) is 5.75 Å². The first-order valence-electron chi connectivity index (χ1n) is 17.5. The number of benzene rings is 3. The van der Waals surface area contributed by atoms with Crippen LogP contribution < -0.4 is 15.0 Å². The maximum absolute atomic E-state index is 13.7. The molecule has 0 radical (unpaired) electrons. The van der Waals surface area contributed by atoms with E-state index >= 15 is 0 Å². The van der Waals surface area contributed by atoms with Gasteiger partial charge >= 0.3 is 6.09 Å². The van der Waals surface area contributed by atoms with E-state index in [2.05, 4.69) is 22.3 Å². The summed E-state index contributed by atoms with van der Waals surface area (Å²) in [6.07, 6.45) is -2.85. The summed E-state index contributed by atoms with van der Waals surface area (Å²) in [5.41, 5.74) is 5.56. The van der Waals surface area contributed by atoms with Crippen molar-refractivity contribution in [3.8, 4) is 16.9 Å². The summed E-state index contributed by atoms with van der Waals surface area (Å²) in [7, 11) is 0. The summed E-state index contributed by atoms with van der Waals surface area (Å²) in [6.45, 7) is 4.82. The molecule has 2 aliphatic heterocycles. The molecule has 2 heterocycles. The van der Waals surface area contributed by atoms with Gasteiger partial charge in [0.1, 0.15) is 35.5 Å². The Bertz CT molecular complexity index is 1590. The normalized spacial score (nSPS) is 20.1. The number of ether oxygens (including phenoxy) is 2. The lowest BCUT2D eigenvalue weighted by molar-refractivity contribution is -0.114. The number of aliphatic hydroxyl groups excluding tert-OH is 5. The zero-order valence-corrected chi connectivity index (χ0v) is 28.4. The highest BCUT2D eigenvalue weighted by molar-refractivity contribution is 5.90. The summed E-state index contributed by atoms with van der Waals surface area (Å²) in [5.74, 6) is 1.10. The second kappa shape index (κ2) is 15.7. The fourth-order valence-electron chi connectivity index (χ4n) is 6.95. The first-order chi connectivity index (χ1) is 24.1. The number of nitrogens with one attached hydrogen (secondary N) is 1. The van der Waals surface area contributed by atoms with E-state index < -0.39 is 36.6 Å².